The molecule has 0 amide bonds. The monoisotopic (exact) mass is 346 g/mol. The highest BCUT2D eigenvalue weighted by atomic mass is 16.5. The lowest BCUT2D eigenvalue weighted by atomic mass is 10.2. The van der Waals surface area contributed by atoms with Gasteiger partial charge in [-0.05, 0) is 26.1 Å². The van der Waals surface area contributed by atoms with Crippen LogP contribution >= 0.6 is 0 Å². The van der Waals surface area contributed by atoms with Gasteiger partial charge in [0.25, 0.3) is 0 Å². The van der Waals surface area contributed by atoms with Crippen molar-refractivity contribution >= 4 is 0 Å². The summed E-state index contributed by atoms with van der Waals surface area (Å²) in [6.07, 6.45) is 0.455. The molecule has 136 valence electrons. The van der Waals surface area contributed by atoms with Crippen LogP contribution in [0.3, 0.4) is 0 Å². The molecule has 0 saturated carbocycles. The normalized spacial score (nSPS) is 18.2. The summed E-state index contributed by atoms with van der Waals surface area (Å²) >= 11 is 0. The number of hydrogen-bond donors (Lipinski definition) is 1. The first-order chi connectivity index (χ1) is 12.2. The predicted molar refractivity (Wildman–Crippen MR) is 95.4 cm³/mol. The third-order valence-corrected chi connectivity index (χ3v) is 4.71. The minimum absolute atomic E-state index is 0.181. The molecular weight excluding hydrogens is 320 g/mol. The van der Waals surface area contributed by atoms with Gasteiger partial charge in [-0.2, -0.15) is 0 Å². The van der Waals surface area contributed by atoms with Crippen LogP contribution in [-0.2, 0) is 6.54 Å². The van der Waals surface area contributed by atoms with E-state index in [0.29, 0.717) is 12.4 Å². The molecule has 0 aliphatic carbocycles. The zero-order valence-electron chi connectivity index (χ0n) is 14.7. The van der Waals surface area contributed by atoms with Gasteiger partial charge in [-0.15, -0.1) is 0 Å². The number of nitrogens with zero attached hydrogens (tertiary/aromatic N) is 4. The van der Waals surface area contributed by atoms with E-state index >= 15 is 0 Å². The molecule has 3 rings (SSSR count). The van der Waals surface area contributed by atoms with Crippen molar-refractivity contribution in [2.24, 2.45) is 0 Å². The van der Waals surface area contributed by atoms with E-state index in [1.807, 2.05) is 30.3 Å². The Morgan fingerprint density at radius 2 is 1.84 bits per heavy atom. The van der Waals surface area contributed by atoms with Crippen molar-refractivity contribution in [1.29, 1.82) is 0 Å². The van der Waals surface area contributed by atoms with Gasteiger partial charge in [-0.25, -0.2) is 4.79 Å². The number of rotatable bonds is 6. The van der Waals surface area contributed by atoms with Crippen molar-refractivity contribution in [2.45, 2.75) is 26.0 Å². The summed E-state index contributed by atoms with van der Waals surface area (Å²) in [5.74, 6) is -0.0800. The van der Waals surface area contributed by atoms with Gasteiger partial charge < -0.3 is 10.0 Å². The van der Waals surface area contributed by atoms with E-state index in [4.69, 9.17) is 4.52 Å². The third-order valence-electron chi connectivity index (χ3n) is 4.71. The number of likely N-dealkylation sites (N-methyl/N-ethyl adjacent to an activating group) is 1. The van der Waals surface area contributed by atoms with Crippen LogP contribution in [0.1, 0.15) is 13.3 Å². The average Bonchev–Trinajstić information content (AvgIpc) is 2.84. The maximum absolute atomic E-state index is 12.0. The Bertz CT molecular complexity index is 713. The van der Waals surface area contributed by atoms with Gasteiger partial charge in [-0.3, -0.25) is 14.0 Å². The van der Waals surface area contributed by atoms with Crippen LogP contribution in [0.2, 0.25) is 0 Å². The lowest BCUT2D eigenvalue weighted by Gasteiger charge is -2.23. The topological polar surface area (TPSA) is 74.7 Å². The highest BCUT2D eigenvalue weighted by Gasteiger charge is 2.20. The Hall–Kier alpha value is -1.96. The third kappa shape index (κ3) is 4.56. The summed E-state index contributed by atoms with van der Waals surface area (Å²) in [5, 5.41) is 14.4. The summed E-state index contributed by atoms with van der Waals surface area (Å²) in [4.78, 5) is 16.7. The molecule has 1 unspecified atom stereocenters. The standard InChI is InChI=1S/C18H26N4O3/c1-2-20-9-6-10-21(12-11-20)13-16(23)14-22-17(19-25-18(22)24)15-7-4-3-5-8-15/h3-5,7-8,16,23H,2,6,9-14H2,1H3. The van der Waals surface area contributed by atoms with Gasteiger partial charge in [0, 0.05) is 25.2 Å². The van der Waals surface area contributed by atoms with Crippen LogP contribution < -0.4 is 5.76 Å². The van der Waals surface area contributed by atoms with Crippen LogP contribution in [0.5, 0.6) is 0 Å². The number of hydrogen-bond acceptors (Lipinski definition) is 6. The number of benzene rings is 1. The molecule has 1 fully saturated rings. The smallest absolute Gasteiger partial charge is 0.390 e. The molecule has 1 atom stereocenters. The Labute approximate surface area is 147 Å². The minimum atomic E-state index is -0.646. The van der Waals surface area contributed by atoms with Crippen molar-refractivity contribution in [3.8, 4) is 11.4 Å². The van der Waals surface area contributed by atoms with Gasteiger partial charge in [0.15, 0.2) is 5.82 Å². The highest BCUT2D eigenvalue weighted by molar-refractivity contribution is 5.54. The maximum atomic E-state index is 12.0. The average molecular weight is 346 g/mol. The van der Waals surface area contributed by atoms with Crippen molar-refractivity contribution < 1.29 is 9.63 Å². The quantitative estimate of drug-likeness (QED) is 0.837. The molecule has 7 heteroatoms. The summed E-state index contributed by atoms with van der Waals surface area (Å²) in [7, 11) is 0. The molecule has 0 radical (unpaired) electrons. The number of aromatic nitrogens is 2. The van der Waals surface area contributed by atoms with Crippen LogP contribution in [0.25, 0.3) is 11.4 Å². The molecule has 0 bridgehead atoms. The molecule has 0 spiro atoms. The molecule has 1 N–H and O–H groups in total. The van der Waals surface area contributed by atoms with E-state index in [1.54, 1.807) is 0 Å². The Morgan fingerprint density at radius 1 is 1.12 bits per heavy atom. The van der Waals surface area contributed by atoms with Crippen molar-refractivity contribution in [3.63, 3.8) is 0 Å². The number of β-amino-alcohol motifs (C(OH)–C–C–N with tert-alkyl or cyclic N) is 1. The molecule has 1 aliphatic heterocycles. The van der Waals surface area contributed by atoms with Gasteiger partial charge in [0.2, 0.25) is 0 Å². The Balaban J connectivity index is 1.65. The second-order valence-electron chi connectivity index (χ2n) is 6.49. The fourth-order valence-corrected chi connectivity index (χ4v) is 3.31. The molecule has 1 saturated heterocycles. The second kappa shape index (κ2) is 8.42. The molecule has 1 aliphatic rings. The van der Waals surface area contributed by atoms with Crippen LogP contribution in [-0.4, -0.2) is 70.0 Å². The fourth-order valence-electron chi connectivity index (χ4n) is 3.31. The van der Waals surface area contributed by atoms with Gasteiger partial charge in [0.1, 0.15) is 0 Å². The summed E-state index contributed by atoms with van der Waals surface area (Å²) < 4.78 is 6.23. The van der Waals surface area contributed by atoms with Crippen LogP contribution in [0, 0.1) is 0 Å². The van der Waals surface area contributed by atoms with Crippen LogP contribution in [0.4, 0.5) is 0 Å². The van der Waals surface area contributed by atoms with Crippen molar-refractivity contribution in [2.75, 3.05) is 39.3 Å². The van der Waals surface area contributed by atoms with Crippen molar-refractivity contribution in [3.05, 3.63) is 40.9 Å². The largest absolute Gasteiger partial charge is 0.441 e. The number of aliphatic hydroxyl groups is 1. The van der Waals surface area contributed by atoms with E-state index in [9.17, 15) is 9.90 Å². The fraction of sp³-hybridized carbons (Fsp3) is 0.556. The highest BCUT2D eigenvalue weighted by Crippen LogP contribution is 2.15. The molecule has 25 heavy (non-hydrogen) atoms. The van der Waals surface area contributed by atoms with E-state index in [2.05, 4.69) is 21.9 Å². The summed E-state index contributed by atoms with van der Waals surface area (Å²) in [6.45, 7) is 8.00. The Morgan fingerprint density at radius 3 is 2.60 bits per heavy atom. The lowest BCUT2D eigenvalue weighted by molar-refractivity contribution is 0.0980. The second-order valence-corrected chi connectivity index (χ2v) is 6.49. The predicted octanol–water partition coefficient (Wildman–Crippen LogP) is 0.892. The van der Waals surface area contributed by atoms with E-state index in [0.717, 1.165) is 44.7 Å². The molecular formula is C18H26N4O3. The molecule has 2 aromatic rings. The first-order valence-corrected chi connectivity index (χ1v) is 8.92. The van der Waals surface area contributed by atoms with Crippen molar-refractivity contribution in [1.82, 2.24) is 19.5 Å². The summed E-state index contributed by atoms with van der Waals surface area (Å²) in [5.41, 5.74) is 0.800. The lowest BCUT2D eigenvalue weighted by Crippen LogP contribution is -2.38. The Kier molecular flexibility index (Phi) is 6.01. The summed E-state index contributed by atoms with van der Waals surface area (Å²) in [6, 6.07) is 9.40. The first kappa shape index (κ1) is 17.8. The van der Waals surface area contributed by atoms with Crippen LogP contribution in [0.15, 0.2) is 39.6 Å². The van der Waals surface area contributed by atoms with Gasteiger partial charge in [0.05, 0.1) is 12.6 Å². The zero-order valence-corrected chi connectivity index (χ0v) is 14.7. The molecule has 1 aromatic carbocycles. The molecule has 7 nitrogen and oxygen atoms in total. The maximum Gasteiger partial charge on any atom is 0.441 e. The SMILES string of the molecule is CCN1CCCN(CC(O)Cn2c(-c3ccccc3)noc2=O)CC1. The number of aliphatic hydroxyl groups excluding tert-OH is 1. The zero-order chi connectivity index (χ0) is 17.6. The van der Waals surface area contributed by atoms with Gasteiger partial charge >= 0.3 is 5.76 Å². The van der Waals surface area contributed by atoms with E-state index < -0.39 is 11.9 Å². The van der Waals surface area contributed by atoms with Gasteiger partial charge in [-0.1, -0.05) is 42.4 Å². The molecule has 2 heterocycles. The molecule has 1 aromatic heterocycles. The minimum Gasteiger partial charge on any atom is -0.390 e. The van der Waals surface area contributed by atoms with E-state index in [1.165, 1.54) is 4.57 Å². The first-order valence-electron chi connectivity index (χ1n) is 8.92. The van der Waals surface area contributed by atoms with E-state index in [-0.39, 0.29) is 6.54 Å².